The third-order valence-corrected chi connectivity index (χ3v) is 6.97. The number of halogens is 2. The number of rotatable bonds is 5. The molecule has 0 N–H and O–H groups in total. The summed E-state index contributed by atoms with van der Waals surface area (Å²) in [5.74, 6) is 0.252. The average molecular weight is 475 g/mol. The SMILES string of the molecule is Cc1nn(Cc2ccc(Cl)cc2)c(Cl)c1/C=C/C(=O)N1CCC(C(=O)N2CCCC2)CC1. The van der Waals surface area contributed by atoms with Gasteiger partial charge in [0.2, 0.25) is 11.8 Å². The van der Waals surface area contributed by atoms with Crippen molar-refractivity contribution in [3.8, 4) is 0 Å². The van der Waals surface area contributed by atoms with Gasteiger partial charge in [0.25, 0.3) is 0 Å². The van der Waals surface area contributed by atoms with Crippen molar-refractivity contribution in [1.29, 1.82) is 0 Å². The average Bonchev–Trinajstić information content (AvgIpc) is 3.42. The molecule has 2 amide bonds. The number of aryl methyl sites for hydroxylation is 1. The van der Waals surface area contributed by atoms with Crippen molar-refractivity contribution < 1.29 is 9.59 Å². The zero-order valence-corrected chi connectivity index (χ0v) is 19.8. The van der Waals surface area contributed by atoms with E-state index in [2.05, 4.69) is 5.10 Å². The van der Waals surface area contributed by atoms with Gasteiger partial charge in [-0.3, -0.25) is 9.59 Å². The quantitative estimate of drug-likeness (QED) is 0.602. The Morgan fingerprint density at radius 3 is 2.34 bits per heavy atom. The predicted octanol–water partition coefficient (Wildman–Crippen LogP) is 4.42. The number of likely N-dealkylation sites (tertiary alicyclic amines) is 2. The lowest BCUT2D eigenvalue weighted by molar-refractivity contribution is -0.138. The molecule has 6 nitrogen and oxygen atoms in total. The number of benzene rings is 1. The van der Waals surface area contributed by atoms with E-state index >= 15 is 0 Å². The molecule has 3 heterocycles. The molecule has 2 aliphatic heterocycles. The van der Waals surface area contributed by atoms with E-state index in [1.807, 2.05) is 41.0 Å². The van der Waals surface area contributed by atoms with E-state index in [1.165, 1.54) is 0 Å². The molecular weight excluding hydrogens is 447 g/mol. The summed E-state index contributed by atoms with van der Waals surface area (Å²) < 4.78 is 1.72. The number of nitrogens with zero attached hydrogens (tertiary/aromatic N) is 4. The van der Waals surface area contributed by atoms with E-state index in [0.717, 1.165) is 55.6 Å². The maximum atomic E-state index is 12.7. The van der Waals surface area contributed by atoms with Crippen LogP contribution in [0, 0.1) is 12.8 Å². The van der Waals surface area contributed by atoms with Gasteiger partial charge in [0.1, 0.15) is 5.15 Å². The van der Waals surface area contributed by atoms with Crippen molar-refractivity contribution in [3.63, 3.8) is 0 Å². The summed E-state index contributed by atoms with van der Waals surface area (Å²) in [5.41, 5.74) is 2.55. The molecular formula is C24H28Cl2N4O2. The first-order valence-electron chi connectivity index (χ1n) is 11.2. The van der Waals surface area contributed by atoms with Crippen LogP contribution in [0.1, 0.15) is 42.5 Å². The van der Waals surface area contributed by atoms with Crippen molar-refractivity contribution in [1.82, 2.24) is 19.6 Å². The first kappa shape index (κ1) is 22.9. The van der Waals surface area contributed by atoms with E-state index < -0.39 is 0 Å². The molecule has 2 aliphatic rings. The number of hydrogen-bond acceptors (Lipinski definition) is 3. The minimum atomic E-state index is -0.0574. The Morgan fingerprint density at radius 2 is 1.69 bits per heavy atom. The Labute approximate surface area is 198 Å². The summed E-state index contributed by atoms with van der Waals surface area (Å²) in [6.07, 6.45) is 6.97. The molecule has 0 spiro atoms. The number of aromatic nitrogens is 2. The summed E-state index contributed by atoms with van der Waals surface area (Å²) in [6.45, 7) is 5.38. The topological polar surface area (TPSA) is 58.4 Å². The molecule has 0 bridgehead atoms. The lowest BCUT2D eigenvalue weighted by Crippen LogP contribution is -2.43. The fourth-order valence-electron chi connectivity index (χ4n) is 4.43. The molecule has 0 unspecified atom stereocenters. The van der Waals surface area contributed by atoms with Crippen LogP contribution in [0.15, 0.2) is 30.3 Å². The Morgan fingerprint density at radius 1 is 1.03 bits per heavy atom. The Balaban J connectivity index is 1.35. The fraction of sp³-hybridized carbons (Fsp3) is 0.458. The lowest BCUT2D eigenvalue weighted by atomic mass is 9.95. The van der Waals surface area contributed by atoms with E-state index in [1.54, 1.807) is 16.8 Å². The highest BCUT2D eigenvalue weighted by Gasteiger charge is 2.30. The van der Waals surface area contributed by atoms with Gasteiger partial charge in [-0.25, -0.2) is 4.68 Å². The molecule has 170 valence electrons. The van der Waals surface area contributed by atoms with Crippen molar-refractivity contribution >= 4 is 41.1 Å². The van der Waals surface area contributed by atoms with Gasteiger partial charge in [0.15, 0.2) is 0 Å². The number of carbonyl (C=O) groups excluding carboxylic acids is 2. The molecule has 0 atom stereocenters. The van der Waals surface area contributed by atoms with Crippen LogP contribution in [-0.2, 0) is 16.1 Å². The first-order valence-corrected chi connectivity index (χ1v) is 11.9. The highest BCUT2D eigenvalue weighted by molar-refractivity contribution is 6.31. The van der Waals surface area contributed by atoms with Gasteiger partial charge in [0.05, 0.1) is 12.2 Å². The zero-order valence-electron chi connectivity index (χ0n) is 18.3. The third-order valence-electron chi connectivity index (χ3n) is 6.32. The van der Waals surface area contributed by atoms with Gasteiger partial charge >= 0.3 is 0 Å². The normalized spacial score (nSPS) is 17.5. The largest absolute Gasteiger partial charge is 0.342 e. The van der Waals surface area contributed by atoms with Crippen LogP contribution in [-0.4, -0.2) is 57.6 Å². The molecule has 2 aromatic rings. The fourth-order valence-corrected chi connectivity index (χ4v) is 4.85. The smallest absolute Gasteiger partial charge is 0.246 e. The number of amides is 2. The highest BCUT2D eigenvalue weighted by Crippen LogP contribution is 2.25. The van der Waals surface area contributed by atoms with E-state index in [0.29, 0.717) is 29.8 Å². The maximum Gasteiger partial charge on any atom is 0.246 e. The standard InChI is InChI=1S/C24H28Cl2N4O2/c1-17-21(23(26)30(27-17)16-18-4-6-20(25)7-5-18)8-9-22(31)28-14-10-19(11-15-28)24(32)29-12-2-3-13-29/h4-9,19H,2-3,10-16H2,1H3/b9-8+. The molecule has 8 heteroatoms. The lowest BCUT2D eigenvalue weighted by Gasteiger charge is -2.32. The van der Waals surface area contributed by atoms with Gasteiger partial charge in [-0.15, -0.1) is 0 Å². The zero-order chi connectivity index (χ0) is 22.7. The van der Waals surface area contributed by atoms with Crippen LogP contribution in [0.25, 0.3) is 6.08 Å². The second-order valence-electron chi connectivity index (χ2n) is 8.54. The van der Waals surface area contributed by atoms with Crippen molar-refractivity contribution in [2.45, 2.75) is 39.2 Å². The molecule has 2 fully saturated rings. The molecule has 0 radical (unpaired) electrons. The Kier molecular flexibility index (Phi) is 7.21. The Hall–Kier alpha value is -2.31. The van der Waals surface area contributed by atoms with Crippen molar-refractivity contribution in [2.75, 3.05) is 26.2 Å². The summed E-state index contributed by atoms with van der Waals surface area (Å²) in [4.78, 5) is 29.1. The van der Waals surface area contributed by atoms with E-state index in [4.69, 9.17) is 23.2 Å². The maximum absolute atomic E-state index is 12.7. The van der Waals surface area contributed by atoms with E-state index in [9.17, 15) is 9.59 Å². The number of carbonyl (C=O) groups is 2. The summed E-state index contributed by atoms with van der Waals surface area (Å²) in [6, 6.07) is 7.55. The third kappa shape index (κ3) is 5.18. The number of hydrogen-bond donors (Lipinski definition) is 0. The summed E-state index contributed by atoms with van der Waals surface area (Å²) in [5, 5.41) is 5.70. The van der Waals surface area contributed by atoms with Crippen molar-refractivity contribution in [2.24, 2.45) is 5.92 Å². The molecule has 1 aromatic carbocycles. The molecule has 0 saturated carbocycles. The minimum absolute atomic E-state index is 0.0453. The van der Waals surface area contributed by atoms with Crippen LogP contribution in [0.3, 0.4) is 0 Å². The predicted molar refractivity (Wildman–Crippen MR) is 127 cm³/mol. The van der Waals surface area contributed by atoms with Crippen LogP contribution in [0.2, 0.25) is 10.2 Å². The molecule has 2 saturated heterocycles. The monoisotopic (exact) mass is 474 g/mol. The van der Waals surface area contributed by atoms with Gasteiger partial charge in [-0.05, 0) is 56.4 Å². The van der Waals surface area contributed by atoms with Gasteiger partial charge in [-0.1, -0.05) is 35.3 Å². The van der Waals surface area contributed by atoms with Gasteiger partial charge in [0, 0.05) is 48.8 Å². The van der Waals surface area contributed by atoms with Crippen LogP contribution in [0.4, 0.5) is 0 Å². The first-order chi connectivity index (χ1) is 15.4. The molecule has 0 aliphatic carbocycles. The van der Waals surface area contributed by atoms with Crippen LogP contribution < -0.4 is 0 Å². The minimum Gasteiger partial charge on any atom is -0.342 e. The molecule has 4 rings (SSSR count). The second kappa shape index (κ2) is 10.1. The van der Waals surface area contributed by atoms with Crippen LogP contribution in [0.5, 0.6) is 0 Å². The van der Waals surface area contributed by atoms with Gasteiger partial charge < -0.3 is 9.80 Å². The van der Waals surface area contributed by atoms with Crippen molar-refractivity contribution in [3.05, 3.63) is 57.3 Å². The summed E-state index contributed by atoms with van der Waals surface area (Å²) in [7, 11) is 0. The highest BCUT2D eigenvalue weighted by atomic mass is 35.5. The molecule has 1 aromatic heterocycles. The van der Waals surface area contributed by atoms with E-state index in [-0.39, 0.29) is 17.7 Å². The Bertz CT molecular complexity index is 1000. The van der Waals surface area contributed by atoms with Crippen LogP contribution >= 0.6 is 23.2 Å². The number of piperidine rings is 1. The summed E-state index contributed by atoms with van der Waals surface area (Å²) >= 11 is 12.5. The molecule has 32 heavy (non-hydrogen) atoms. The van der Waals surface area contributed by atoms with Gasteiger partial charge in [-0.2, -0.15) is 5.10 Å². The second-order valence-corrected chi connectivity index (χ2v) is 9.33.